The third kappa shape index (κ3) is 4.34. The number of nitrogens with zero attached hydrogens (tertiary/aromatic N) is 3. The molecule has 0 bridgehead atoms. The first-order valence-corrected chi connectivity index (χ1v) is 12.2. The lowest BCUT2D eigenvalue weighted by Gasteiger charge is -2.37. The number of benzene rings is 2. The number of carboxylic acids is 1. The summed E-state index contributed by atoms with van der Waals surface area (Å²) in [6, 6.07) is 17.4. The molecule has 0 aliphatic heterocycles. The van der Waals surface area contributed by atoms with Gasteiger partial charge in [0, 0.05) is 23.9 Å². The molecule has 2 atom stereocenters. The lowest BCUT2D eigenvalue weighted by molar-refractivity contribution is -0.152. The quantitative estimate of drug-likeness (QED) is 0.329. The third-order valence-electron chi connectivity index (χ3n) is 7.11. The second kappa shape index (κ2) is 9.41. The van der Waals surface area contributed by atoms with E-state index < -0.39 is 11.4 Å². The Morgan fingerprint density at radius 3 is 2.63 bits per heavy atom. The van der Waals surface area contributed by atoms with Gasteiger partial charge in [0.15, 0.2) is 0 Å². The van der Waals surface area contributed by atoms with E-state index >= 15 is 0 Å². The number of hydrogen-bond donors (Lipinski definition) is 2. The molecule has 1 fully saturated rings. The zero-order chi connectivity index (χ0) is 24.4. The Bertz CT molecular complexity index is 1330. The number of imidazole rings is 1. The van der Waals surface area contributed by atoms with Gasteiger partial charge in [-0.15, -0.1) is 0 Å². The summed E-state index contributed by atoms with van der Waals surface area (Å²) in [5.41, 5.74) is 8.04. The van der Waals surface area contributed by atoms with Crippen molar-refractivity contribution < 1.29 is 14.6 Å². The number of ether oxygens (including phenoxy) is 1. The minimum absolute atomic E-state index is 0.0372. The molecule has 2 aromatic carbocycles. The highest BCUT2D eigenvalue weighted by atomic mass is 16.5. The Balaban J connectivity index is 1.52. The number of nitrogen functional groups attached to an aromatic ring is 1. The number of aliphatic carboxylic acids is 1. The van der Waals surface area contributed by atoms with Gasteiger partial charge in [-0.1, -0.05) is 38.0 Å². The van der Waals surface area contributed by atoms with E-state index in [0.29, 0.717) is 18.7 Å². The van der Waals surface area contributed by atoms with E-state index in [2.05, 4.69) is 11.9 Å². The molecule has 4 aromatic rings. The second-order valence-electron chi connectivity index (χ2n) is 9.42. The van der Waals surface area contributed by atoms with Crippen molar-refractivity contribution in [2.45, 2.75) is 51.4 Å². The molecule has 7 nitrogen and oxygen atoms in total. The van der Waals surface area contributed by atoms with Gasteiger partial charge in [0.25, 0.3) is 0 Å². The van der Waals surface area contributed by atoms with Crippen LogP contribution in [0.25, 0.3) is 16.8 Å². The predicted molar refractivity (Wildman–Crippen MR) is 136 cm³/mol. The van der Waals surface area contributed by atoms with Gasteiger partial charge in [-0.3, -0.25) is 9.20 Å². The van der Waals surface area contributed by atoms with E-state index in [1.165, 1.54) is 0 Å². The van der Waals surface area contributed by atoms with E-state index in [1.807, 2.05) is 65.2 Å². The zero-order valence-electron chi connectivity index (χ0n) is 19.9. The summed E-state index contributed by atoms with van der Waals surface area (Å²) < 4.78 is 7.93. The molecule has 0 saturated heterocycles. The maximum atomic E-state index is 12.3. The summed E-state index contributed by atoms with van der Waals surface area (Å²) in [4.78, 5) is 21.6. The molecule has 2 heterocycles. The molecule has 35 heavy (non-hydrogen) atoms. The first-order valence-electron chi connectivity index (χ1n) is 12.2. The first-order chi connectivity index (χ1) is 17.0. The van der Waals surface area contributed by atoms with Gasteiger partial charge < -0.3 is 15.6 Å². The lowest BCUT2D eigenvalue weighted by Crippen LogP contribution is -2.36. The van der Waals surface area contributed by atoms with Gasteiger partial charge in [-0.2, -0.15) is 0 Å². The van der Waals surface area contributed by atoms with Crippen LogP contribution in [0.3, 0.4) is 0 Å². The molecular weight excluding hydrogens is 440 g/mol. The summed E-state index contributed by atoms with van der Waals surface area (Å²) in [6.07, 6.45) is 8.16. The Morgan fingerprint density at radius 2 is 1.91 bits per heavy atom. The molecule has 1 aliphatic carbocycles. The molecule has 0 unspecified atom stereocenters. The fourth-order valence-electron chi connectivity index (χ4n) is 5.47. The summed E-state index contributed by atoms with van der Waals surface area (Å²) in [7, 11) is 0. The normalized spacial score (nSPS) is 20.1. The molecule has 1 saturated carbocycles. The molecule has 7 heteroatoms. The molecule has 0 amide bonds. The molecule has 0 spiro atoms. The van der Waals surface area contributed by atoms with E-state index in [9.17, 15) is 9.90 Å². The smallest absolute Gasteiger partial charge is 0.309 e. The van der Waals surface area contributed by atoms with Crippen LogP contribution in [0.4, 0.5) is 5.82 Å². The maximum absolute atomic E-state index is 12.3. The van der Waals surface area contributed by atoms with Crippen molar-refractivity contribution in [3.8, 4) is 22.8 Å². The highest BCUT2D eigenvalue weighted by Crippen LogP contribution is 2.47. The predicted octanol–water partition coefficient (Wildman–Crippen LogP) is 6.30. The van der Waals surface area contributed by atoms with Gasteiger partial charge in [0.2, 0.25) is 0 Å². The van der Waals surface area contributed by atoms with Crippen LogP contribution >= 0.6 is 0 Å². The Labute approximate surface area is 204 Å². The van der Waals surface area contributed by atoms with Crippen LogP contribution in [0.5, 0.6) is 11.5 Å². The van der Waals surface area contributed by atoms with Crippen LogP contribution in [0.15, 0.2) is 67.0 Å². The highest BCUT2D eigenvalue weighted by molar-refractivity contribution is 5.85. The van der Waals surface area contributed by atoms with E-state index in [1.54, 1.807) is 6.20 Å². The second-order valence-corrected chi connectivity index (χ2v) is 9.42. The highest BCUT2D eigenvalue weighted by Gasteiger charge is 2.43. The number of carbonyl (C=O) groups is 1. The van der Waals surface area contributed by atoms with Gasteiger partial charge in [0.05, 0.1) is 5.41 Å². The van der Waals surface area contributed by atoms with Gasteiger partial charge in [0.1, 0.15) is 34.4 Å². The number of nitrogens with two attached hydrogens (primary N) is 1. The van der Waals surface area contributed by atoms with Crippen molar-refractivity contribution in [2.24, 2.45) is 5.41 Å². The number of rotatable bonds is 7. The standard InChI is InChI=1S/C28H30N4O3/c1-2-14-28(27(33)34)15-6-7-20(18-28)26-31-23(24-25(29)30-16-17-32(24)26)19-10-12-22(13-11-19)35-21-8-4-3-5-9-21/h3-5,8-13,16-17,20H,2,6-7,14-15,18H2,1H3,(H2,29,30)(H,33,34)/t20-,28+/m1/s1. The lowest BCUT2D eigenvalue weighted by atomic mass is 9.67. The number of aromatic nitrogens is 3. The van der Waals surface area contributed by atoms with Crippen molar-refractivity contribution in [3.63, 3.8) is 0 Å². The summed E-state index contributed by atoms with van der Waals surface area (Å²) in [5, 5.41) is 10.1. The molecule has 0 radical (unpaired) electrons. The van der Waals surface area contributed by atoms with E-state index in [0.717, 1.165) is 59.8 Å². The average Bonchev–Trinajstić information content (AvgIpc) is 3.26. The minimum Gasteiger partial charge on any atom is -0.481 e. The van der Waals surface area contributed by atoms with Crippen LogP contribution < -0.4 is 10.5 Å². The number of anilines is 1. The maximum Gasteiger partial charge on any atom is 0.309 e. The van der Waals surface area contributed by atoms with Gasteiger partial charge in [-0.05, 0) is 62.1 Å². The molecule has 3 N–H and O–H groups in total. The van der Waals surface area contributed by atoms with Crippen molar-refractivity contribution in [1.82, 2.24) is 14.4 Å². The number of carboxylic acid groups (broad SMARTS) is 1. The third-order valence-corrected chi connectivity index (χ3v) is 7.11. The van der Waals surface area contributed by atoms with E-state index in [4.69, 9.17) is 15.5 Å². The number of hydrogen-bond acceptors (Lipinski definition) is 5. The SMILES string of the molecule is CCC[C@]1(C(=O)O)CCC[C@@H](c2nc(-c3ccc(Oc4ccccc4)cc3)c3c(N)nccn23)C1. The molecule has 180 valence electrons. The van der Waals surface area contributed by atoms with Crippen LogP contribution in [0, 0.1) is 5.41 Å². The molecule has 2 aromatic heterocycles. The summed E-state index contributed by atoms with van der Waals surface area (Å²) in [5.74, 6) is 2.10. The van der Waals surface area contributed by atoms with Crippen LogP contribution in [0.1, 0.15) is 57.2 Å². The largest absolute Gasteiger partial charge is 0.481 e. The van der Waals surface area contributed by atoms with Crippen LogP contribution in [0.2, 0.25) is 0 Å². The first kappa shape index (κ1) is 22.9. The Morgan fingerprint density at radius 1 is 1.17 bits per heavy atom. The van der Waals surface area contributed by atoms with Crippen molar-refractivity contribution in [3.05, 3.63) is 72.8 Å². The zero-order valence-corrected chi connectivity index (χ0v) is 19.9. The van der Waals surface area contributed by atoms with Crippen molar-refractivity contribution in [2.75, 3.05) is 5.73 Å². The molecular formula is C28H30N4O3. The Kier molecular flexibility index (Phi) is 6.16. The van der Waals surface area contributed by atoms with Crippen molar-refractivity contribution in [1.29, 1.82) is 0 Å². The number of para-hydroxylation sites is 1. The van der Waals surface area contributed by atoms with Gasteiger partial charge in [-0.25, -0.2) is 9.97 Å². The van der Waals surface area contributed by atoms with E-state index in [-0.39, 0.29) is 5.92 Å². The average molecular weight is 471 g/mol. The summed E-state index contributed by atoms with van der Waals surface area (Å²) in [6.45, 7) is 2.05. The van der Waals surface area contributed by atoms with Crippen LogP contribution in [-0.2, 0) is 4.79 Å². The minimum atomic E-state index is -0.696. The van der Waals surface area contributed by atoms with Gasteiger partial charge >= 0.3 is 5.97 Å². The molecule has 5 rings (SSSR count). The number of fused-ring (bicyclic) bond motifs is 1. The summed E-state index contributed by atoms with van der Waals surface area (Å²) >= 11 is 0. The van der Waals surface area contributed by atoms with Crippen LogP contribution in [-0.4, -0.2) is 25.4 Å². The Hall–Kier alpha value is -3.87. The fraction of sp³-hybridized carbons (Fsp3) is 0.321. The van der Waals surface area contributed by atoms with Crippen molar-refractivity contribution >= 4 is 17.3 Å². The molecule has 1 aliphatic rings. The fourth-order valence-corrected chi connectivity index (χ4v) is 5.47. The topological polar surface area (TPSA) is 103 Å². The monoisotopic (exact) mass is 470 g/mol.